The fraction of sp³-hybridized carbons (Fsp3) is 0.118. The third-order valence-corrected chi connectivity index (χ3v) is 3.87. The van der Waals surface area contributed by atoms with Gasteiger partial charge in [-0.25, -0.2) is 4.79 Å². The van der Waals surface area contributed by atoms with Crippen LogP contribution in [0.4, 0.5) is 0 Å². The van der Waals surface area contributed by atoms with Crippen molar-refractivity contribution in [3.63, 3.8) is 0 Å². The van der Waals surface area contributed by atoms with E-state index >= 15 is 0 Å². The molecule has 3 nitrogen and oxygen atoms in total. The zero-order valence-electron chi connectivity index (χ0n) is 11.8. The highest BCUT2D eigenvalue weighted by atomic mass is 35.5. The van der Waals surface area contributed by atoms with Crippen LogP contribution < -0.4 is 0 Å². The minimum Gasteiger partial charge on any atom is -0.461 e. The van der Waals surface area contributed by atoms with Crippen LogP contribution in [0.2, 0.25) is 10.0 Å². The van der Waals surface area contributed by atoms with E-state index in [4.69, 9.17) is 27.9 Å². The van der Waals surface area contributed by atoms with Crippen molar-refractivity contribution in [1.82, 2.24) is 4.98 Å². The van der Waals surface area contributed by atoms with Crippen LogP contribution in [0, 0.1) is 0 Å². The molecule has 0 aliphatic rings. The molecule has 0 saturated carbocycles. The number of nitrogens with one attached hydrogen (secondary N) is 1. The van der Waals surface area contributed by atoms with Gasteiger partial charge in [0.1, 0.15) is 5.69 Å². The number of benzene rings is 2. The number of esters is 1. The Morgan fingerprint density at radius 3 is 2.41 bits per heavy atom. The summed E-state index contributed by atoms with van der Waals surface area (Å²) in [6, 6.07) is 12.8. The number of carbonyl (C=O) groups is 1. The lowest BCUT2D eigenvalue weighted by atomic mass is 10.1. The van der Waals surface area contributed by atoms with E-state index in [-0.39, 0.29) is 5.97 Å². The molecule has 22 heavy (non-hydrogen) atoms. The Labute approximate surface area is 137 Å². The molecule has 5 heteroatoms. The number of carbonyl (C=O) groups excluding carboxylic acids is 1. The van der Waals surface area contributed by atoms with Crippen LogP contribution in [0.25, 0.3) is 22.0 Å². The van der Waals surface area contributed by atoms with Crippen molar-refractivity contribution in [2.75, 3.05) is 6.61 Å². The minimum absolute atomic E-state index is 0.323. The molecule has 1 aromatic heterocycles. The molecule has 0 spiro atoms. The summed E-state index contributed by atoms with van der Waals surface area (Å²) in [5, 5.41) is 2.92. The first kappa shape index (κ1) is 14.9. The number of fused-ring (bicyclic) bond motifs is 1. The van der Waals surface area contributed by atoms with Gasteiger partial charge in [-0.2, -0.15) is 0 Å². The summed E-state index contributed by atoms with van der Waals surface area (Å²) in [5.74, 6) is -0.380. The largest absolute Gasteiger partial charge is 0.461 e. The summed E-state index contributed by atoms with van der Waals surface area (Å²) in [4.78, 5) is 15.3. The van der Waals surface area contributed by atoms with Crippen molar-refractivity contribution < 1.29 is 9.53 Å². The lowest BCUT2D eigenvalue weighted by Crippen LogP contribution is -2.05. The molecule has 1 heterocycles. The minimum atomic E-state index is -0.380. The molecule has 0 unspecified atom stereocenters. The Balaban J connectivity index is 2.23. The van der Waals surface area contributed by atoms with E-state index in [1.54, 1.807) is 25.1 Å². The highest BCUT2D eigenvalue weighted by Gasteiger charge is 2.18. The van der Waals surface area contributed by atoms with Crippen molar-refractivity contribution in [2.45, 2.75) is 6.92 Å². The van der Waals surface area contributed by atoms with Gasteiger partial charge >= 0.3 is 5.97 Å². The zero-order chi connectivity index (χ0) is 15.7. The van der Waals surface area contributed by atoms with Crippen molar-refractivity contribution in [2.24, 2.45) is 0 Å². The highest BCUT2D eigenvalue weighted by Crippen LogP contribution is 2.33. The molecule has 1 N–H and O–H groups in total. The van der Waals surface area contributed by atoms with Gasteiger partial charge < -0.3 is 9.72 Å². The molecule has 0 aliphatic heterocycles. The second-order valence-corrected chi connectivity index (χ2v) is 5.67. The molecule has 3 rings (SSSR count). The molecule has 0 aliphatic carbocycles. The molecule has 112 valence electrons. The Morgan fingerprint density at radius 1 is 1.05 bits per heavy atom. The molecule has 0 amide bonds. The first-order valence-electron chi connectivity index (χ1n) is 6.84. The third kappa shape index (κ3) is 2.70. The number of aromatic amines is 1. The standard InChI is InChI=1S/C17H13Cl2NO2/c1-2-22-17(21)16-13-8-7-12(19)9-14(13)15(20-16)10-3-5-11(18)6-4-10/h3-9,20H,2H2,1H3. The van der Waals surface area contributed by atoms with Crippen LogP contribution in [-0.4, -0.2) is 17.6 Å². The van der Waals surface area contributed by atoms with E-state index < -0.39 is 0 Å². The van der Waals surface area contributed by atoms with Gasteiger partial charge in [-0.15, -0.1) is 0 Å². The van der Waals surface area contributed by atoms with E-state index in [9.17, 15) is 4.79 Å². The van der Waals surface area contributed by atoms with Crippen molar-refractivity contribution in [3.05, 3.63) is 58.2 Å². The Hall–Kier alpha value is -1.97. The van der Waals surface area contributed by atoms with Crippen molar-refractivity contribution in [1.29, 1.82) is 0 Å². The lowest BCUT2D eigenvalue weighted by molar-refractivity contribution is 0.0522. The number of hydrogen-bond donors (Lipinski definition) is 1. The van der Waals surface area contributed by atoms with Crippen LogP contribution in [-0.2, 0) is 4.74 Å². The summed E-state index contributed by atoms with van der Waals surface area (Å²) >= 11 is 12.0. The van der Waals surface area contributed by atoms with Gasteiger partial charge in [0.05, 0.1) is 12.3 Å². The maximum Gasteiger partial charge on any atom is 0.355 e. The zero-order valence-corrected chi connectivity index (χ0v) is 13.3. The molecule has 2 aromatic carbocycles. The van der Waals surface area contributed by atoms with Crippen LogP contribution in [0.1, 0.15) is 17.4 Å². The first-order chi connectivity index (χ1) is 10.6. The van der Waals surface area contributed by atoms with Crippen LogP contribution in [0.3, 0.4) is 0 Å². The molecule has 0 fully saturated rings. The molecule has 0 bridgehead atoms. The topological polar surface area (TPSA) is 42.1 Å². The fourth-order valence-electron chi connectivity index (χ4n) is 2.41. The predicted molar refractivity (Wildman–Crippen MR) is 89.7 cm³/mol. The van der Waals surface area contributed by atoms with Gasteiger partial charge in [-0.3, -0.25) is 0 Å². The second-order valence-electron chi connectivity index (χ2n) is 4.79. The van der Waals surface area contributed by atoms with Gasteiger partial charge in [0.25, 0.3) is 0 Å². The molecule has 0 radical (unpaired) electrons. The number of aromatic nitrogens is 1. The van der Waals surface area contributed by atoms with Gasteiger partial charge in [0.2, 0.25) is 0 Å². The summed E-state index contributed by atoms with van der Waals surface area (Å²) in [7, 11) is 0. The molecular formula is C17H13Cl2NO2. The monoisotopic (exact) mass is 333 g/mol. The van der Waals surface area contributed by atoms with Gasteiger partial charge in [-0.05, 0) is 36.8 Å². The summed E-state index contributed by atoms with van der Waals surface area (Å²) < 4.78 is 5.11. The summed E-state index contributed by atoms with van der Waals surface area (Å²) in [6.45, 7) is 2.10. The van der Waals surface area contributed by atoms with Crippen LogP contribution >= 0.6 is 23.2 Å². The van der Waals surface area contributed by atoms with E-state index in [1.807, 2.05) is 24.3 Å². The number of ether oxygens (including phenoxy) is 1. The highest BCUT2D eigenvalue weighted by molar-refractivity contribution is 6.32. The summed E-state index contributed by atoms with van der Waals surface area (Å²) in [6.07, 6.45) is 0. The Morgan fingerprint density at radius 2 is 1.73 bits per heavy atom. The van der Waals surface area contributed by atoms with E-state index in [2.05, 4.69) is 4.98 Å². The maximum absolute atomic E-state index is 12.1. The molecule has 0 saturated heterocycles. The number of hydrogen-bond acceptors (Lipinski definition) is 2. The smallest absolute Gasteiger partial charge is 0.355 e. The van der Waals surface area contributed by atoms with Crippen LogP contribution in [0.5, 0.6) is 0 Å². The van der Waals surface area contributed by atoms with Crippen LogP contribution in [0.15, 0.2) is 42.5 Å². The van der Waals surface area contributed by atoms with Crippen molar-refractivity contribution >= 4 is 39.9 Å². The first-order valence-corrected chi connectivity index (χ1v) is 7.60. The molecule has 3 aromatic rings. The van der Waals surface area contributed by atoms with E-state index in [1.165, 1.54) is 0 Å². The normalized spacial score (nSPS) is 10.9. The quantitative estimate of drug-likeness (QED) is 0.659. The van der Waals surface area contributed by atoms with E-state index in [0.717, 1.165) is 22.0 Å². The fourth-order valence-corrected chi connectivity index (χ4v) is 2.71. The average molecular weight is 334 g/mol. The van der Waals surface area contributed by atoms with Gasteiger partial charge in [0.15, 0.2) is 0 Å². The summed E-state index contributed by atoms with van der Waals surface area (Å²) in [5.41, 5.74) is 2.17. The number of rotatable bonds is 3. The SMILES string of the molecule is CCOC(=O)c1[nH]c(-c2ccc(Cl)cc2)c2cc(Cl)ccc12. The van der Waals surface area contributed by atoms with E-state index in [0.29, 0.717) is 22.3 Å². The molecular weight excluding hydrogens is 321 g/mol. The Kier molecular flexibility index (Phi) is 4.10. The van der Waals surface area contributed by atoms with Gasteiger partial charge in [0, 0.05) is 20.8 Å². The predicted octanol–water partition coefficient (Wildman–Crippen LogP) is 5.32. The lowest BCUT2D eigenvalue weighted by Gasteiger charge is -2.00. The molecule has 0 atom stereocenters. The average Bonchev–Trinajstić information content (AvgIpc) is 2.87. The maximum atomic E-state index is 12.1. The number of halogens is 2. The Bertz CT molecular complexity index is 838. The third-order valence-electron chi connectivity index (χ3n) is 3.38. The number of H-pyrrole nitrogens is 1. The second kappa shape index (κ2) is 6.03. The van der Waals surface area contributed by atoms with Crippen molar-refractivity contribution in [3.8, 4) is 11.3 Å². The van der Waals surface area contributed by atoms with Gasteiger partial charge in [-0.1, -0.05) is 41.4 Å².